The molecule has 0 spiro atoms. The highest BCUT2D eigenvalue weighted by molar-refractivity contribution is 6.00. The first-order valence-electron chi connectivity index (χ1n) is 12.2. The minimum absolute atomic E-state index is 0.132. The fourth-order valence-corrected chi connectivity index (χ4v) is 3.56. The molecule has 0 atom stereocenters. The van der Waals surface area contributed by atoms with Crippen molar-refractivity contribution in [1.29, 1.82) is 0 Å². The molecular formula is C28H39N5O. The standard InChI is InChI=1S/C28H39N5O/c1-4-5-17-30-24(3)21-33(22-27-23(2)13-12-18-31-27)19-11-10-16-26(34)20-28(29)32-25-14-8-6-7-9-15-25/h5-8,12-15,17-18H,4,9-11,16,19-22H2,1-3H3,(H2,29,32)/b17-5-,30-24?. The molecule has 0 fully saturated rings. The van der Waals surface area contributed by atoms with Gasteiger partial charge in [0, 0.05) is 37.6 Å². The van der Waals surface area contributed by atoms with Gasteiger partial charge in [0.2, 0.25) is 0 Å². The summed E-state index contributed by atoms with van der Waals surface area (Å²) in [4.78, 5) is 28.2. The Morgan fingerprint density at radius 2 is 2.15 bits per heavy atom. The van der Waals surface area contributed by atoms with E-state index < -0.39 is 0 Å². The van der Waals surface area contributed by atoms with Gasteiger partial charge in [-0.25, -0.2) is 4.99 Å². The van der Waals surface area contributed by atoms with E-state index in [4.69, 9.17) is 5.73 Å². The van der Waals surface area contributed by atoms with E-state index in [-0.39, 0.29) is 12.2 Å². The average Bonchev–Trinajstić information content (AvgIpc) is 3.06. The van der Waals surface area contributed by atoms with Crippen molar-refractivity contribution in [3.63, 3.8) is 0 Å². The highest BCUT2D eigenvalue weighted by Gasteiger charge is 2.11. The molecule has 0 aliphatic heterocycles. The molecule has 0 aromatic carbocycles. The molecule has 0 radical (unpaired) electrons. The molecule has 0 saturated carbocycles. The minimum Gasteiger partial charge on any atom is -0.387 e. The molecule has 1 aliphatic rings. The summed E-state index contributed by atoms with van der Waals surface area (Å²) in [7, 11) is 0. The number of Topliss-reactive ketones (excluding diaryl/α,β-unsaturated/α-hetero) is 1. The number of hydrogen-bond donors (Lipinski definition) is 1. The molecule has 1 aromatic heterocycles. The van der Waals surface area contributed by atoms with Gasteiger partial charge in [-0.1, -0.05) is 43.4 Å². The summed E-state index contributed by atoms with van der Waals surface area (Å²) in [6.45, 7) is 8.66. The normalized spacial score (nSPS) is 14.6. The lowest BCUT2D eigenvalue weighted by atomic mass is 10.1. The number of carbonyl (C=O) groups is 1. The molecule has 34 heavy (non-hydrogen) atoms. The summed E-state index contributed by atoms with van der Waals surface area (Å²) >= 11 is 0. The van der Waals surface area contributed by atoms with Crippen LogP contribution in [0.25, 0.3) is 0 Å². The number of amidine groups is 1. The van der Waals surface area contributed by atoms with Gasteiger partial charge < -0.3 is 5.73 Å². The number of nitrogens with zero attached hydrogens (tertiary/aromatic N) is 4. The van der Waals surface area contributed by atoms with Gasteiger partial charge in [-0.05, 0) is 63.8 Å². The van der Waals surface area contributed by atoms with E-state index in [2.05, 4.69) is 52.8 Å². The summed E-state index contributed by atoms with van der Waals surface area (Å²) in [6.07, 6.45) is 19.9. The zero-order valence-corrected chi connectivity index (χ0v) is 20.9. The number of carbonyl (C=O) groups excluding carboxylic acids is 1. The second-order valence-corrected chi connectivity index (χ2v) is 8.56. The third-order valence-corrected chi connectivity index (χ3v) is 5.39. The molecule has 2 rings (SSSR count). The Morgan fingerprint density at radius 3 is 2.94 bits per heavy atom. The first-order valence-corrected chi connectivity index (χ1v) is 12.2. The number of aliphatic imine (C=N–C) groups is 2. The van der Waals surface area contributed by atoms with Gasteiger partial charge in [-0.15, -0.1) is 0 Å². The molecule has 1 aromatic rings. The zero-order chi connectivity index (χ0) is 24.6. The lowest BCUT2D eigenvalue weighted by molar-refractivity contribution is -0.118. The smallest absolute Gasteiger partial charge is 0.140 e. The predicted octanol–water partition coefficient (Wildman–Crippen LogP) is 5.46. The van der Waals surface area contributed by atoms with Crippen molar-refractivity contribution in [1.82, 2.24) is 9.88 Å². The van der Waals surface area contributed by atoms with Crippen molar-refractivity contribution in [2.75, 3.05) is 13.1 Å². The predicted molar refractivity (Wildman–Crippen MR) is 143 cm³/mol. The first kappa shape index (κ1) is 27.1. The topological polar surface area (TPSA) is 83.9 Å². The van der Waals surface area contributed by atoms with Crippen LogP contribution in [0.1, 0.15) is 63.6 Å². The van der Waals surface area contributed by atoms with E-state index in [9.17, 15) is 4.79 Å². The summed E-state index contributed by atoms with van der Waals surface area (Å²) < 4.78 is 0. The van der Waals surface area contributed by atoms with E-state index in [1.54, 1.807) is 0 Å². The number of nitrogens with two attached hydrogens (primary N) is 1. The van der Waals surface area contributed by atoms with Crippen molar-refractivity contribution in [3.8, 4) is 0 Å². The van der Waals surface area contributed by atoms with E-state index in [1.165, 1.54) is 5.56 Å². The number of hydrogen-bond acceptors (Lipinski definition) is 5. The van der Waals surface area contributed by atoms with Crippen molar-refractivity contribution in [2.24, 2.45) is 15.7 Å². The zero-order valence-electron chi connectivity index (χ0n) is 20.9. The molecule has 6 nitrogen and oxygen atoms in total. The molecule has 182 valence electrons. The highest BCUT2D eigenvalue weighted by Crippen LogP contribution is 2.11. The van der Waals surface area contributed by atoms with Crippen molar-refractivity contribution < 1.29 is 4.79 Å². The number of ketones is 1. The van der Waals surface area contributed by atoms with E-state index in [0.29, 0.717) is 12.3 Å². The second kappa shape index (κ2) is 15.7. The Morgan fingerprint density at radius 1 is 1.29 bits per heavy atom. The first-order chi connectivity index (χ1) is 16.5. The van der Waals surface area contributed by atoms with Gasteiger partial charge in [0.05, 0.1) is 17.8 Å². The maximum atomic E-state index is 12.4. The Hall–Kier alpha value is -3.12. The lowest BCUT2D eigenvalue weighted by Crippen LogP contribution is -2.30. The van der Waals surface area contributed by atoms with Gasteiger partial charge in [0.25, 0.3) is 0 Å². The Kier molecular flexibility index (Phi) is 12.5. The fourth-order valence-electron chi connectivity index (χ4n) is 3.56. The van der Waals surface area contributed by atoms with Crippen molar-refractivity contribution in [3.05, 3.63) is 77.9 Å². The van der Waals surface area contributed by atoms with Gasteiger partial charge in [-0.2, -0.15) is 0 Å². The maximum Gasteiger partial charge on any atom is 0.140 e. The molecule has 2 N–H and O–H groups in total. The van der Waals surface area contributed by atoms with Crippen molar-refractivity contribution in [2.45, 2.75) is 65.8 Å². The number of pyridine rings is 1. The maximum absolute atomic E-state index is 12.4. The SMILES string of the molecule is CC/C=C\N=C(C)CN(CCCCC(=O)CC(N)=NC1=CCC=CC=C1)Cc1ncccc1C. The largest absolute Gasteiger partial charge is 0.387 e. The molecule has 6 heteroatoms. The van der Waals surface area contributed by atoms with Gasteiger partial charge in [0.1, 0.15) is 11.6 Å². The molecule has 0 saturated heterocycles. The molecular weight excluding hydrogens is 422 g/mol. The highest BCUT2D eigenvalue weighted by atomic mass is 16.1. The van der Waals surface area contributed by atoms with Gasteiger partial charge >= 0.3 is 0 Å². The van der Waals surface area contributed by atoms with Crippen LogP contribution < -0.4 is 5.73 Å². The quantitative estimate of drug-likeness (QED) is 0.226. The number of allylic oxidation sites excluding steroid dienone is 6. The minimum atomic E-state index is 0.132. The summed E-state index contributed by atoms with van der Waals surface area (Å²) in [5, 5.41) is 0. The molecule has 0 unspecified atom stereocenters. The van der Waals surface area contributed by atoms with Crippen LogP contribution in [-0.2, 0) is 11.3 Å². The van der Waals surface area contributed by atoms with Crippen LogP contribution in [0.5, 0.6) is 0 Å². The van der Waals surface area contributed by atoms with Crippen LogP contribution in [0.15, 0.2) is 76.7 Å². The van der Waals surface area contributed by atoms with Crippen LogP contribution in [0.4, 0.5) is 0 Å². The van der Waals surface area contributed by atoms with Gasteiger partial charge in [0.15, 0.2) is 0 Å². The van der Waals surface area contributed by atoms with Crippen LogP contribution in [0.3, 0.4) is 0 Å². The van der Waals surface area contributed by atoms with Crippen LogP contribution >= 0.6 is 0 Å². The van der Waals surface area contributed by atoms with E-state index >= 15 is 0 Å². The van der Waals surface area contributed by atoms with Crippen LogP contribution in [0, 0.1) is 6.92 Å². The molecule has 1 heterocycles. The summed E-state index contributed by atoms with van der Waals surface area (Å²) in [5.74, 6) is 0.508. The van der Waals surface area contributed by atoms with Gasteiger partial charge in [-0.3, -0.25) is 19.7 Å². The van der Waals surface area contributed by atoms with Crippen LogP contribution in [-0.4, -0.2) is 40.3 Å². The molecule has 1 aliphatic carbocycles. The van der Waals surface area contributed by atoms with Crippen molar-refractivity contribution >= 4 is 17.3 Å². The number of aromatic nitrogens is 1. The fraction of sp³-hybridized carbons (Fsp3) is 0.429. The third kappa shape index (κ3) is 11.1. The monoisotopic (exact) mass is 461 g/mol. The summed E-state index contributed by atoms with van der Waals surface area (Å²) in [6, 6.07) is 4.05. The number of aryl methyl sites for hydroxylation is 1. The number of rotatable bonds is 14. The average molecular weight is 462 g/mol. The van der Waals surface area contributed by atoms with E-state index in [0.717, 1.165) is 62.4 Å². The third-order valence-electron chi connectivity index (χ3n) is 5.39. The van der Waals surface area contributed by atoms with Crippen LogP contribution in [0.2, 0.25) is 0 Å². The molecule has 0 amide bonds. The number of unbranched alkanes of at least 4 members (excludes halogenated alkanes) is 1. The lowest BCUT2D eigenvalue weighted by Gasteiger charge is -2.22. The Bertz CT molecular complexity index is 969. The van der Waals surface area contributed by atoms with E-state index in [1.807, 2.05) is 48.8 Å². The summed E-state index contributed by atoms with van der Waals surface area (Å²) in [5.41, 5.74) is 10.2. The second-order valence-electron chi connectivity index (χ2n) is 8.56. The Balaban J connectivity index is 1.85. The Labute approximate surface area is 204 Å². The molecule has 0 bridgehead atoms.